The van der Waals surface area contributed by atoms with Gasteiger partial charge in [-0.2, -0.15) is 0 Å². The van der Waals surface area contributed by atoms with Crippen molar-refractivity contribution in [2.75, 3.05) is 11.4 Å². The van der Waals surface area contributed by atoms with E-state index in [-0.39, 0.29) is 11.4 Å². The Balaban J connectivity index is 2.14. The molecule has 2 aliphatic heterocycles. The van der Waals surface area contributed by atoms with Crippen molar-refractivity contribution in [2.45, 2.75) is 50.9 Å². The second kappa shape index (κ2) is 4.19. The lowest BCUT2D eigenvalue weighted by atomic mass is 9.78. The third-order valence-corrected chi connectivity index (χ3v) is 4.62. The Morgan fingerprint density at radius 3 is 2.48 bits per heavy atom. The van der Waals surface area contributed by atoms with Crippen LogP contribution >= 0.6 is 0 Å². The van der Waals surface area contributed by atoms with Gasteiger partial charge in [0.2, 0.25) is 0 Å². The molecule has 114 valence electrons. The van der Waals surface area contributed by atoms with Crippen molar-refractivity contribution < 1.29 is 9.13 Å². The molecule has 1 saturated heterocycles. The maximum Gasteiger partial charge on any atom is 0.196 e. The van der Waals surface area contributed by atoms with E-state index in [0.29, 0.717) is 18.2 Å². The third-order valence-electron chi connectivity index (χ3n) is 4.62. The largest absolute Gasteiger partial charge is 0.369 e. The van der Waals surface area contributed by atoms with Gasteiger partial charge in [0.05, 0.1) is 29.0 Å². The van der Waals surface area contributed by atoms with E-state index in [0.717, 1.165) is 6.42 Å². The first-order chi connectivity index (χ1) is 9.69. The average Bonchev–Trinajstić information content (AvgIpc) is 2.76. The molecule has 2 aliphatic rings. The molecular weight excluding hydrogens is 269 g/mol. The summed E-state index contributed by atoms with van der Waals surface area (Å²) in [5, 5.41) is 0. The van der Waals surface area contributed by atoms with Crippen LogP contribution in [0.4, 0.5) is 10.1 Å². The van der Waals surface area contributed by atoms with Gasteiger partial charge in [-0.05, 0) is 39.8 Å². The molecule has 1 spiro atoms. The molecule has 1 aromatic rings. The number of nitrogens with zero attached hydrogens (tertiary/aromatic N) is 2. The zero-order valence-electron chi connectivity index (χ0n) is 13.0. The molecule has 1 unspecified atom stereocenters. The van der Waals surface area contributed by atoms with E-state index in [1.54, 1.807) is 12.1 Å². The van der Waals surface area contributed by atoms with E-state index in [9.17, 15) is 4.39 Å². The van der Waals surface area contributed by atoms with Crippen molar-refractivity contribution in [1.82, 2.24) is 0 Å². The van der Waals surface area contributed by atoms with Crippen LogP contribution in [-0.4, -0.2) is 29.2 Å². The predicted octanol–water partition coefficient (Wildman–Crippen LogP) is 2.68. The monoisotopic (exact) mass is 291 g/mol. The number of benzene rings is 1. The van der Waals surface area contributed by atoms with Crippen LogP contribution in [0.15, 0.2) is 29.3 Å². The molecule has 1 fully saturated rings. The average molecular weight is 291 g/mol. The summed E-state index contributed by atoms with van der Waals surface area (Å²) in [5.41, 5.74) is 5.32. The van der Waals surface area contributed by atoms with Gasteiger partial charge < -0.3 is 10.5 Å². The molecular formula is C16H22FN3O. The van der Waals surface area contributed by atoms with Gasteiger partial charge in [0.15, 0.2) is 5.96 Å². The van der Waals surface area contributed by atoms with Crippen LogP contribution in [0.2, 0.25) is 0 Å². The molecule has 2 N–H and O–H groups in total. The van der Waals surface area contributed by atoms with E-state index >= 15 is 0 Å². The highest BCUT2D eigenvalue weighted by molar-refractivity contribution is 5.99. The van der Waals surface area contributed by atoms with E-state index < -0.39 is 11.1 Å². The molecule has 0 amide bonds. The highest BCUT2D eigenvalue weighted by Gasteiger charge is 2.63. The Bertz CT molecular complexity index is 611. The second-order valence-corrected chi connectivity index (χ2v) is 7.04. The van der Waals surface area contributed by atoms with Gasteiger partial charge >= 0.3 is 0 Å². The lowest BCUT2D eigenvalue weighted by molar-refractivity contribution is -0.0765. The van der Waals surface area contributed by atoms with Gasteiger partial charge in [0.1, 0.15) is 5.82 Å². The van der Waals surface area contributed by atoms with Gasteiger partial charge in [-0.1, -0.05) is 12.1 Å². The highest BCUT2D eigenvalue weighted by atomic mass is 19.1. The van der Waals surface area contributed by atoms with Gasteiger partial charge in [-0.15, -0.1) is 0 Å². The maximum absolute atomic E-state index is 14.3. The van der Waals surface area contributed by atoms with Crippen molar-refractivity contribution >= 4 is 11.6 Å². The fourth-order valence-electron chi connectivity index (χ4n) is 3.89. The summed E-state index contributed by atoms with van der Waals surface area (Å²) in [6.07, 6.45) is 0.742. The molecule has 0 bridgehead atoms. The van der Waals surface area contributed by atoms with Crippen molar-refractivity contribution in [1.29, 1.82) is 0 Å². The first-order valence-electron chi connectivity index (χ1n) is 7.23. The number of halogens is 1. The van der Waals surface area contributed by atoms with Gasteiger partial charge in [-0.25, -0.2) is 4.39 Å². The molecule has 0 saturated carbocycles. The van der Waals surface area contributed by atoms with Crippen LogP contribution in [0.25, 0.3) is 0 Å². The Kier molecular flexibility index (Phi) is 2.86. The van der Waals surface area contributed by atoms with Crippen LogP contribution in [0.3, 0.4) is 0 Å². The number of anilines is 1. The predicted molar refractivity (Wildman–Crippen MR) is 82.0 cm³/mol. The van der Waals surface area contributed by atoms with E-state index in [1.807, 2.05) is 24.8 Å². The summed E-state index contributed by atoms with van der Waals surface area (Å²) in [6, 6.07) is 6.68. The number of nitrogens with two attached hydrogens (primary N) is 1. The van der Waals surface area contributed by atoms with Crippen molar-refractivity contribution in [2.24, 2.45) is 10.7 Å². The van der Waals surface area contributed by atoms with E-state index in [2.05, 4.69) is 18.8 Å². The topological polar surface area (TPSA) is 50.8 Å². The lowest BCUT2D eigenvalue weighted by Crippen LogP contribution is -2.61. The minimum Gasteiger partial charge on any atom is -0.369 e. The standard InChI is InChI=1S/C16H22FN3O/c1-14(2)9-16(15(3,4)21-14)10-19-13(18)20(16)12-8-6-5-7-11(12)17/h5-8H,9-10H2,1-4H3,(H2,18,19). The minimum atomic E-state index is -0.483. The zero-order valence-corrected chi connectivity index (χ0v) is 13.0. The number of aliphatic imine (C=N–C) groups is 1. The lowest BCUT2D eigenvalue weighted by Gasteiger charge is -2.44. The molecule has 3 rings (SSSR count). The summed E-state index contributed by atoms with van der Waals surface area (Å²) >= 11 is 0. The zero-order chi connectivity index (χ0) is 15.5. The number of hydrogen-bond acceptors (Lipinski definition) is 4. The molecule has 0 aliphatic carbocycles. The molecule has 1 atom stereocenters. The molecule has 21 heavy (non-hydrogen) atoms. The summed E-state index contributed by atoms with van der Waals surface area (Å²) in [7, 11) is 0. The normalized spacial score (nSPS) is 30.0. The van der Waals surface area contributed by atoms with Gasteiger partial charge in [-0.3, -0.25) is 9.89 Å². The van der Waals surface area contributed by atoms with Crippen LogP contribution in [0, 0.1) is 5.82 Å². The number of para-hydroxylation sites is 1. The number of ether oxygens (including phenoxy) is 1. The second-order valence-electron chi connectivity index (χ2n) is 7.04. The smallest absolute Gasteiger partial charge is 0.196 e. The first-order valence-corrected chi connectivity index (χ1v) is 7.23. The number of hydrogen-bond donors (Lipinski definition) is 1. The fourth-order valence-corrected chi connectivity index (χ4v) is 3.89. The quantitative estimate of drug-likeness (QED) is 0.865. The summed E-state index contributed by atoms with van der Waals surface area (Å²) < 4.78 is 20.5. The van der Waals surface area contributed by atoms with Crippen molar-refractivity contribution in [3.8, 4) is 0 Å². The summed E-state index contributed by atoms with van der Waals surface area (Å²) in [5.74, 6) is 0.0620. The van der Waals surface area contributed by atoms with Crippen LogP contribution in [-0.2, 0) is 4.74 Å². The van der Waals surface area contributed by atoms with Crippen molar-refractivity contribution in [3.05, 3.63) is 30.1 Å². The summed E-state index contributed by atoms with van der Waals surface area (Å²) in [6.45, 7) is 8.69. The summed E-state index contributed by atoms with van der Waals surface area (Å²) in [4.78, 5) is 6.24. The Labute approximate surface area is 124 Å². The minimum absolute atomic E-state index is 0.294. The Hall–Kier alpha value is -1.62. The molecule has 0 radical (unpaired) electrons. The Morgan fingerprint density at radius 2 is 1.90 bits per heavy atom. The Morgan fingerprint density at radius 1 is 1.24 bits per heavy atom. The molecule has 4 nitrogen and oxygen atoms in total. The number of guanidine groups is 1. The SMILES string of the molecule is CC1(C)CC2(CN=C(N)N2c2ccccc2F)C(C)(C)O1. The van der Waals surface area contributed by atoms with Crippen LogP contribution in [0.5, 0.6) is 0 Å². The molecule has 1 aromatic carbocycles. The molecule has 2 heterocycles. The maximum atomic E-state index is 14.3. The van der Waals surface area contributed by atoms with E-state index in [1.165, 1.54) is 6.07 Å². The van der Waals surface area contributed by atoms with Crippen molar-refractivity contribution in [3.63, 3.8) is 0 Å². The van der Waals surface area contributed by atoms with Gasteiger partial charge in [0.25, 0.3) is 0 Å². The van der Waals surface area contributed by atoms with Gasteiger partial charge in [0, 0.05) is 6.42 Å². The van der Waals surface area contributed by atoms with E-state index in [4.69, 9.17) is 10.5 Å². The van der Waals surface area contributed by atoms with Crippen LogP contribution < -0.4 is 10.6 Å². The fraction of sp³-hybridized carbons (Fsp3) is 0.562. The molecule has 0 aromatic heterocycles. The third kappa shape index (κ3) is 1.94. The first kappa shape index (κ1) is 14.3. The number of rotatable bonds is 1. The highest BCUT2D eigenvalue weighted by Crippen LogP contribution is 2.51. The van der Waals surface area contributed by atoms with Crippen LogP contribution in [0.1, 0.15) is 34.1 Å². The molecule has 5 heteroatoms.